The molecule has 0 unspecified atom stereocenters. The molecule has 0 amide bonds. The third kappa shape index (κ3) is 4.04. The summed E-state index contributed by atoms with van der Waals surface area (Å²) in [5.41, 5.74) is 1.25. The largest absolute Gasteiger partial charge is 0.493 e. The van der Waals surface area contributed by atoms with Gasteiger partial charge < -0.3 is 14.0 Å². The molecule has 0 spiro atoms. The smallest absolute Gasteiger partial charge is 0.237 e. The maximum atomic E-state index is 13.5. The van der Waals surface area contributed by atoms with Gasteiger partial charge in [0, 0.05) is 5.56 Å². The molecule has 0 atom stereocenters. The van der Waals surface area contributed by atoms with Crippen LogP contribution in [0.25, 0.3) is 17.1 Å². The molecule has 0 radical (unpaired) electrons. The molecule has 0 saturated heterocycles. The topological polar surface area (TPSA) is 101 Å². The first kappa shape index (κ1) is 18.9. The maximum Gasteiger partial charge on any atom is 0.237 e. The molecule has 4 rings (SSSR count). The standard InChI is InChI=1S/C18H15FN6O3S/c1-26-14-7-6-11(8-15(14)27-2)17-20-16(28-22-17)10-29-18-21-23-24-25(18)13-5-3-4-12(19)9-13/h3-9H,10H2,1-2H3. The third-order valence-electron chi connectivity index (χ3n) is 3.93. The minimum absolute atomic E-state index is 0.343. The van der Waals surface area contributed by atoms with Crippen LogP contribution in [0, 0.1) is 5.82 Å². The summed E-state index contributed by atoms with van der Waals surface area (Å²) in [5.74, 6) is 1.97. The summed E-state index contributed by atoms with van der Waals surface area (Å²) in [7, 11) is 3.13. The first-order valence-corrected chi connectivity index (χ1v) is 9.38. The molecular formula is C18H15FN6O3S. The maximum absolute atomic E-state index is 13.5. The molecule has 9 nitrogen and oxygen atoms in total. The summed E-state index contributed by atoms with van der Waals surface area (Å²) in [5, 5.41) is 16.0. The van der Waals surface area contributed by atoms with Crippen molar-refractivity contribution < 1.29 is 18.4 Å². The number of nitrogens with zero attached hydrogens (tertiary/aromatic N) is 6. The molecule has 2 heterocycles. The van der Waals surface area contributed by atoms with E-state index in [1.807, 2.05) is 6.07 Å². The number of ether oxygens (including phenoxy) is 2. The van der Waals surface area contributed by atoms with Gasteiger partial charge in [0.25, 0.3) is 0 Å². The van der Waals surface area contributed by atoms with Crippen molar-refractivity contribution in [1.82, 2.24) is 30.3 Å². The van der Waals surface area contributed by atoms with Gasteiger partial charge in [0.15, 0.2) is 11.5 Å². The summed E-state index contributed by atoms with van der Waals surface area (Å²) >= 11 is 1.29. The highest BCUT2D eigenvalue weighted by Gasteiger charge is 2.15. The average Bonchev–Trinajstić information content (AvgIpc) is 3.41. The second-order valence-corrected chi connectivity index (χ2v) is 6.67. The number of aromatic nitrogens is 6. The number of thioether (sulfide) groups is 1. The van der Waals surface area contributed by atoms with E-state index in [9.17, 15) is 4.39 Å². The lowest BCUT2D eigenvalue weighted by atomic mass is 10.2. The fourth-order valence-electron chi connectivity index (χ4n) is 2.57. The summed E-state index contributed by atoms with van der Waals surface area (Å²) in [6.07, 6.45) is 0. The lowest BCUT2D eigenvalue weighted by Gasteiger charge is -2.07. The zero-order valence-electron chi connectivity index (χ0n) is 15.4. The van der Waals surface area contributed by atoms with E-state index in [0.29, 0.717) is 39.8 Å². The van der Waals surface area contributed by atoms with Crippen molar-refractivity contribution in [2.45, 2.75) is 10.9 Å². The predicted molar refractivity (Wildman–Crippen MR) is 102 cm³/mol. The van der Waals surface area contributed by atoms with E-state index in [2.05, 4.69) is 25.7 Å². The molecule has 0 saturated carbocycles. The van der Waals surface area contributed by atoms with Crippen LogP contribution in [0.3, 0.4) is 0 Å². The average molecular weight is 414 g/mol. The SMILES string of the molecule is COc1ccc(-c2noc(CSc3nnnn3-c3cccc(F)c3)n2)cc1OC. The summed E-state index contributed by atoms with van der Waals surface area (Å²) < 4.78 is 30.8. The molecule has 0 N–H and O–H groups in total. The van der Waals surface area contributed by atoms with Crippen LogP contribution in [-0.2, 0) is 5.75 Å². The first-order chi connectivity index (χ1) is 14.2. The van der Waals surface area contributed by atoms with Gasteiger partial charge in [-0.25, -0.2) is 4.39 Å². The summed E-state index contributed by atoms with van der Waals surface area (Å²) in [6, 6.07) is 11.4. The molecule has 0 fully saturated rings. The van der Waals surface area contributed by atoms with Crippen LogP contribution in [0.1, 0.15) is 5.89 Å². The molecule has 29 heavy (non-hydrogen) atoms. The molecule has 0 bridgehead atoms. The van der Waals surface area contributed by atoms with E-state index >= 15 is 0 Å². The molecule has 2 aromatic carbocycles. The van der Waals surface area contributed by atoms with E-state index < -0.39 is 0 Å². The zero-order chi connectivity index (χ0) is 20.2. The van der Waals surface area contributed by atoms with Crippen LogP contribution in [0.5, 0.6) is 11.5 Å². The van der Waals surface area contributed by atoms with Crippen LogP contribution in [-0.4, -0.2) is 44.6 Å². The number of rotatable bonds is 7. The van der Waals surface area contributed by atoms with Gasteiger partial charge in [-0.2, -0.15) is 9.67 Å². The Morgan fingerprint density at radius 1 is 1.10 bits per heavy atom. The zero-order valence-corrected chi connectivity index (χ0v) is 16.3. The van der Waals surface area contributed by atoms with Gasteiger partial charge in [-0.3, -0.25) is 0 Å². The third-order valence-corrected chi connectivity index (χ3v) is 4.83. The summed E-state index contributed by atoms with van der Waals surface area (Å²) in [6.45, 7) is 0. The Morgan fingerprint density at radius 3 is 2.76 bits per heavy atom. The Bertz CT molecular complexity index is 1130. The molecule has 4 aromatic rings. The highest BCUT2D eigenvalue weighted by atomic mass is 32.2. The van der Waals surface area contributed by atoms with E-state index in [0.717, 1.165) is 5.56 Å². The van der Waals surface area contributed by atoms with Crippen LogP contribution in [0.4, 0.5) is 4.39 Å². The molecule has 11 heteroatoms. The molecule has 0 aliphatic carbocycles. The van der Waals surface area contributed by atoms with Crippen molar-refractivity contribution in [3.63, 3.8) is 0 Å². The Balaban J connectivity index is 1.49. The molecule has 2 aromatic heterocycles. The van der Waals surface area contributed by atoms with Crippen molar-refractivity contribution in [3.05, 3.63) is 54.2 Å². The van der Waals surface area contributed by atoms with Crippen molar-refractivity contribution in [3.8, 4) is 28.6 Å². The number of benzene rings is 2. The van der Waals surface area contributed by atoms with Gasteiger partial charge in [-0.1, -0.05) is 23.0 Å². The molecular weight excluding hydrogens is 399 g/mol. The minimum atomic E-state index is -0.370. The minimum Gasteiger partial charge on any atom is -0.493 e. The van der Waals surface area contributed by atoms with Crippen LogP contribution in [0.15, 0.2) is 52.1 Å². The predicted octanol–water partition coefficient (Wildman–Crippen LogP) is 3.16. The van der Waals surface area contributed by atoms with Gasteiger partial charge in [0.2, 0.25) is 16.9 Å². The number of hydrogen-bond donors (Lipinski definition) is 0. The second kappa shape index (κ2) is 8.27. The van der Waals surface area contributed by atoms with E-state index in [1.165, 1.54) is 28.6 Å². The fourth-order valence-corrected chi connectivity index (χ4v) is 3.30. The first-order valence-electron chi connectivity index (χ1n) is 8.40. The lowest BCUT2D eigenvalue weighted by molar-refractivity contribution is 0.355. The van der Waals surface area contributed by atoms with Gasteiger partial charge >= 0.3 is 0 Å². The highest BCUT2D eigenvalue weighted by molar-refractivity contribution is 7.98. The van der Waals surface area contributed by atoms with Crippen LogP contribution >= 0.6 is 11.8 Å². The quantitative estimate of drug-likeness (QED) is 0.422. The normalized spacial score (nSPS) is 10.9. The van der Waals surface area contributed by atoms with Gasteiger partial charge in [-0.05, 0) is 46.8 Å². The van der Waals surface area contributed by atoms with Gasteiger partial charge in [-0.15, -0.1) is 5.10 Å². The van der Waals surface area contributed by atoms with E-state index in [1.54, 1.807) is 38.5 Å². The second-order valence-electron chi connectivity index (χ2n) is 5.72. The van der Waals surface area contributed by atoms with Crippen LogP contribution in [0.2, 0.25) is 0 Å². The van der Waals surface area contributed by atoms with Crippen molar-refractivity contribution in [1.29, 1.82) is 0 Å². The van der Waals surface area contributed by atoms with Crippen LogP contribution < -0.4 is 9.47 Å². The van der Waals surface area contributed by atoms with Gasteiger partial charge in [0.05, 0.1) is 25.7 Å². The lowest BCUT2D eigenvalue weighted by Crippen LogP contribution is -1.99. The number of halogens is 1. The fraction of sp³-hybridized carbons (Fsp3) is 0.167. The molecule has 0 aliphatic heterocycles. The number of tetrazole rings is 1. The van der Waals surface area contributed by atoms with Crippen molar-refractivity contribution in [2.75, 3.05) is 14.2 Å². The van der Waals surface area contributed by atoms with Crippen molar-refractivity contribution in [2.24, 2.45) is 0 Å². The number of methoxy groups -OCH3 is 2. The Morgan fingerprint density at radius 2 is 1.97 bits per heavy atom. The van der Waals surface area contributed by atoms with Gasteiger partial charge in [0.1, 0.15) is 5.82 Å². The molecule has 0 aliphatic rings. The van der Waals surface area contributed by atoms with E-state index in [4.69, 9.17) is 14.0 Å². The number of hydrogen-bond acceptors (Lipinski definition) is 9. The van der Waals surface area contributed by atoms with E-state index in [-0.39, 0.29) is 5.82 Å². The Labute approximate surface area is 168 Å². The van der Waals surface area contributed by atoms with Crippen molar-refractivity contribution >= 4 is 11.8 Å². The molecule has 148 valence electrons. The summed E-state index contributed by atoms with van der Waals surface area (Å²) in [4.78, 5) is 4.39. The Hall–Kier alpha value is -3.47. The monoisotopic (exact) mass is 414 g/mol. The highest BCUT2D eigenvalue weighted by Crippen LogP contribution is 2.31. The Kier molecular flexibility index (Phi) is 5.38.